The maximum atomic E-state index is 11.2. The van der Waals surface area contributed by atoms with Gasteiger partial charge in [0.15, 0.2) is 0 Å². The third-order valence-electron chi connectivity index (χ3n) is 7.45. The van der Waals surface area contributed by atoms with E-state index in [1.165, 1.54) is 0 Å². The van der Waals surface area contributed by atoms with Crippen molar-refractivity contribution in [2.75, 3.05) is 0 Å². The molecule has 3 aromatic carbocycles. The van der Waals surface area contributed by atoms with Gasteiger partial charge in [-0.25, -0.2) is 0 Å². The molecule has 0 aliphatic rings. The smallest absolute Gasteiger partial charge is 0.128 e. The van der Waals surface area contributed by atoms with Gasteiger partial charge in [-0.05, 0) is 63.1 Å². The van der Waals surface area contributed by atoms with E-state index in [4.69, 9.17) is 16.4 Å². The van der Waals surface area contributed by atoms with E-state index in [1.807, 2.05) is 30.3 Å². The highest BCUT2D eigenvalue weighted by molar-refractivity contribution is 5.91. The zero-order valence-corrected chi connectivity index (χ0v) is 27.6. The zero-order valence-electron chi connectivity index (χ0n) is 27.6. The standard InChI is InChI=1S/C38H48N2O2/c1-14-24-15-16-31(39-22-25-18-27(35(2,3)4)20-29(33(25)41)37(8,9)10)32(17-24)40-23-26-19-28(36(5,6)7)21-30(34(26)42)38(11,12)13/h1,15-23,41-42H,2-13H3. The normalized spacial score (nSPS) is 13.2. The molecule has 0 aliphatic carbocycles. The Morgan fingerprint density at radius 1 is 0.571 bits per heavy atom. The lowest BCUT2D eigenvalue weighted by atomic mass is 9.79. The first kappa shape index (κ1) is 32.7. The molecule has 2 N–H and O–H groups in total. The molecule has 0 aliphatic heterocycles. The fourth-order valence-electron chi connectivity index (χ4n) is 4.62. The van der Waals surface area contributed by atoms with Crippen molar-refractivity contribution in [1.29, 1.82) is 0 Å². The third-order valence-corrected chi connectivity index (χ3v) is 7.45. The maximum Gasteiger partial charge on any atom is 0.128 e. The lowest BCUT2D eigenvalue weighted by Gasteiger charge is -2.27. The molecule has 0 atom stereocenters. The highest BCUT2D eigenvalue weighted by atomic mass is 16.3. The highest BCUT2D eigenvalue weighted by Crippen LogP contribution is 2.39. The van der Waals surface area contributed by atoms with Crippen LogP contribution in [0.15, 0.2) is 52.4 Å². The Hall–Kier alpha value is -3.84. The van der Waals surface area contributed by atoms with Crippen LogP contribution < -0.4 is 0 Å². The van der Waals surface area contributed by atoms with Crippen molar-refractivity contribution >= 4 is 23.8 Å². The summed E-state index contributed by atoms with van der Waals surface area (Å²) in [5, 5.41) is 22.5. The van der Waals surface area contributed by atoms with Crippen molar-refractivity contribution in [2.24, 2.45) is 9.98 Å². The van der Waals surface area contributed by atoms with Crippen LogP contribution in [0.2, 0.25) is 0 Å². The molecule has 42 heavy (non-hydrogen) atoms. The van der Waals surface area contributed by atoms with E-state index < -0.39 is 0 Å². The predicted octanol–water partition coefficient (Wildman–Crippen LogP) is 9.77. The summed E-state index contributed by atoms with van der Waals surface area (Å²) in [5.74, 6) is 3.12. The van der Waals surface area contributed by atoms with Crippen LogP contribution in [0.25, 0.3) is 0 Å². The molecule has 0 amide bonds. The average molecular weight is 565 g/mol. The first-order valence-electron chi connectivity index (χ1n) is 14.6. The molecule has 0 spiro atoms. The van der Waals surface area contributed by atoms with Crippen molar-refractivity contribution in [1.82, 2.24) is 0 Å². The monoisotopic (exact) mass is 564 g/mol. The van der Waals surface area contributed by atoms with Gasteiger partial charge in [0, 0.05) is 40.2 Å². The van der Waals surface area contributed by atoms with Crippen molar-refractivity contribution in [2.45, 2.75) is 105 Å². The van der Waals surface area contributed by atoms with E-state index in [2.05, 4.69) is 101 Å². The van der Waals surface area contributed by atoms with E-state index in [0.717, 1.165) is 22.3 Å². The molecule has 0 fully saturated rings. The predicted molar refractivity (Wildman–Crippen MR) is 180 cm³/mol. The second-order valence-electron chi connectivity index (χ2n) is 15.3. The molecule has 0 heterocycles. The van der Waals surface area contributed by atoms with Crippen LogP contribution in [0.1, 0.15) is 122 Å². The topological polar surface area (TPSA) is 65.2 Å². The van der Waals surface area contributed by atoms with Gasteiger partial charge in [0.2, 0.25) is 0 Å². The summed E-state index contributed by atoms with van der Waals surface area (Å²) in [5.41, 5.74) is 6.42. The number of rotatable bonds is 4. The van der Waals surface area contributed by atoms with E-state index in [9.17, 15) is 10.2 Å². The summed E-state index contributed by atoms with van der Waals surface area (Å²) < 4.78 is 0. The number of nitrogens with zero attached hydrogens (tertiary/aromatic N) is 2. The first-order valence-corrected chi connectivity index (χ1v) is 14.6. The van der Waals surface area contributed by atoms with Gasteiger partial charge in [-0.3, -0.25) is 9.98 Å². The van der Waals surface area contributed by atoms with Gasteiger partial charge < -0.3 is 10.2 Å². The lowest BCUT2D eigenvalue weighted by molar-refractivity contribution is 0.443. The summed E-state index contributed by atoms with van der Waals surface area (Å²) in [6, 6.07) is 13.6. The number of benzene rings is 3. The fraction of sp³-hybridized carbons (Fsp3) is 0.421. The molecule has 0 saturated heterocycles. The second kappa shape index (κ2) is 11.4. The third kappa shape index (κ3) is 7.51. The quantitative estimate of drug-likeness (QED) is 0.245. The Morgan fingerprint density at radius 2 is 0.976 bits per heavy atom. The van der Waals surface area contributed by atoms with Gasteiger partial charge in [0.25, 0.3) is 0 Å². The molecule has 0 unspecified atom stereocenters. The van der Waals surface area contributed by atoms with Crippen LogP contribution in [0.4, 0.5) is 11.4 Å². The minimum absolute atomic E-state index is 0.101. The van der Waals surface area contributed by atoms with Crippen molar-refractivity contribution < 1.29 is 10.2 Å². The molecular weight excluding hydrogens is 516 g/mol. The Morgan fingerprint density at radius 3 is 1.33 bits per heavy atom. The van der Waals surface area contributed by atoms with Crippen LogP contribution in [0, 0.1) is 12.3 Å². The van der Waals surface area contributed by atoms with E-state index in [0.29, 0.717) is 28.1 Å². The summed E-state index contributed by atoms with van der Waals surface area (Å²) >= 11 is 0. The van der Waals surface area contributed by atoms with Gasteiger partial charge in [-0.2, -0.15) is 0 Å². The average Bonchev–Trinajstić information content (AvgIpc) is 2.84. The number of hydrogen-bond donors (Lipinski definition) is 2. The molecule has 0 aromatic heterocycles. The second-order valence-corrected chi connectivity index (χ2v) is 15.3. The molecule has 3 rings (SSSR count). The van der Waals surface area contributed by atoms with Crippen LogP contribution >= 0.6 is 0 Å². The van der Waals surface area contributed by atoms with Gasteiger partial charge >= 0.3 is 0 Å². The summed E-state index contributed by atoms with van der Waals surface area (Å²) in [4.78, 5) is 9.56. The van der Waals surface area contributed by atoms with Crippen molar-refractivity contribution in [3.63, 3.8) is 0 Å². The number of phenols is 2. The number of hydrogen-bond acceptors (Lipinski definition) is 4. The molecule has 0 saturated carbocycles. The van der Waals surface area contributed by atoms with Crippen molar-refractivity contribution in [3.8, 4) is 23.8 Å². The Bertz CT molecular complexity index is 1570. The zero-order chi connectivity index (χ0) is 31.8. The minimum atomic E-state index is -0.248. The number of aliphatic imine (C=N–C) groups is 2. The fourth-order valence-corrected chi connectivity index (χ4v) is 4.62. The number of phenolic OH excluding ortho intramolecular Hbond substituents is 2. The minimum Gasteiger partial charge on any atom is -0.507 e. The molecule has 0 radical (unpaired) electrons. The van der Waals surface area contributed by atoms with Crippen LogP contribution in [-0.2, 0) is 21.7 Å². The van der Waals surface area contributed by atoms with E-state index in [1.54, 1.807) is 12.4 Å². The van der Waals surface area contributed by atoms with E-state index >= 15 is 0 Å². The van der Waals surface area contributed by atoms with Gasteiger partial charge in [0.05, 0.1) is 11.4 Å². The Labute approximate surface area is 253 Å². The van der Waals surface area contributed by atoms with Gasteiger partial charge in [0.1, 0.15) is 11.5 Å². The van der Waals surface area contributed by atoms with Gasteiger partial charge in [-0.1, -0.05) is 101 Å². The number of aromatic hydroxyl groups is 2. The van der Waals surface area contributed by atoms with Crippen molar-refractivity contribution in [3.05, 3.63) is 81.4 Å². The molecule has 0 bridgehead atoms. The Balaban J connectivity index is 2.18. The maximum absolute atomic E-state index is 11.2. The SMILES string of the molecule is C#Cc1ccc(N=Cc2cc(C(C)(C)C)cc(C(C)(C)C)c2O)c(N=Cc2cc(C(C)(C)C)cc(C(C)(C)C)c2O)c1. The van der Waals surface area contributed by atoms with E-state index in [-0.39, 0.29) is 33.2 Å². The summed E-state index contributed by atoms with van der Waals surface area (Å²) in [6.07, 6.45) is 9.10. The van der Waals surface area contributed by atoms with Crippen LogP contribution in [-0.4, -0.2) is 22.6 Å². The summed E-state index contributed by atoms with van der Waals surface area (Å²) in [7, 11) is 0. The molecular formula is C38H48N2O2. The molecule has 3 aromatic rings. The highest BCUT2D eigenvalue weighted by Gasteiger charge is 2.26. The summed E-state index contributed by atoms with van der Waals surface area (Å²) in [6.45, 7) is 25.5. The van der Waals surface area contributed by atoms with Gasteiger partial charge in [-0.15, -0.1) is 6.42 Å². The Kier molecular flexibility index (Phi) is 8.90. The number of terminal acetylenes is 1. The molecule has 222 valence electrons. The molecule has 4 nitrogen and oxygen atoms in total. The van der Waals surface area contributed by atoms with Crippen LogP contribution in [0.5, 0.6) is 11.5 Å². The molecule has 4 heteroatoms. The lowest BCUT2D eigenvalue weighted by Crippen LogP contribution is -2.17. The first-order chi connectivity index (χ1) is 19.1. The van der Waals surface area contributed by atoms with Crippen LogP contribution in [0.3, 0.4) is 0 Å². The largest absolute Gasteiger partial charge is 0.507 e.